The number of rotatable bonds is 8. The zero-order chi connectivity index (χ0) is 30.1. The van der Waals surface area contributed by atoms with Crippen molar-refractivity contribution in [2.24, 2.45) is 0 Å². The monoisotopic (exact) mass is 574 g/mol. The number of benzene rings is 4. The van der Waals surface area contributed by atoms with Gasteiger partial charge in [-0.05, 0) is 60.7 Å². The highest BCUT2D eigenvalue weighted by atomic mass is 16.5. The molecule has 0 saturated heterocycles. The minimum Gasteiger partial charge on any atom is -0.481 e. The second-order valence-electron chi connectivity index (χ2n) is 9.83. The molecule has 0 aliphatic carbocycles. The minimum atomic E-state index is -1.03. The van der Waals surface area contributed by atoms with Crippen molar-refractivity contribution < 1.29 is 33.4 Å². The maximum absolute atomic E-state index is 12.7. The van der Waals surface area contributed by atoms with Crippen molar-refractivity contribution in [2.75, 3.05) is 0 Å². The number of ether oxygens (including phenoxy) is 1. The molecule has 9 nitrogen and oxygen atoms in total. The summed E-state index contributed by atoms with van der Waals surface area (Å²) in [5.41, 5.74) is 1.99. The average Bonchev–Trinajstić information content (AvgIpc) is 2.98. The number of hydrogen-bond acceptors (Lipinski definition) is 7. The molecule has 0 atom stereocenters. The van der Waals surface area contributed by atoms with E-state index in [-0.39, 0.29) is 34.9 Å². The lowest BCUT2D eigenvalue weighted by molar-refractivity contribution is -0.137. The van der Waals surface area contributed by atoms with Gasteiger partial charge < -0.3 is 23.8 Å². The van der Waals surface area contributed by atoms with Gasteiger partial charge in [0.25, 0.3) is 0 Å². The van der Waals surface area contributed by atoms with Gasteiger partial charge in [0.1, 0.15) is 34.2 Å². The van der Waals surface area contributed by atoms with E-state index in [1.807, 2.05) is 0 Å². The maximum Gasteiger partial charge on any atom is 0.307 e. The first-order valence-electron chi connectivity index (χ1n) is 13.2. The first-order chi connectivity index (χ1) is 20.7. The molecule has 0 aliphatic rings. The Bertz CT molecular complexity index is 1980. The van der Waals surface area contributed by atoms with E-state index in [2.05, 4.69) is 0 Å². The third-order valence-electron chi connectivity index (χ3n) is 6.87. The highest BCUT2D eigenvalue weighted by molar-refractivity contribution is 5.86. The molecule has 2 N–H and O–H groups in total. The van der Waals surface area contributed by atoms with Crippen LogP contribution in [0, 0.1) is 0 Å². The molecule has 9 heteroatoms. The fourth-order valence-electron chi connectivity index (χ4n) is 4.87. The summed E-state index contributed by atoms with van der Waals surface area (Å²) in [6, 6.07) is 26.2. The Kier molecular flexibility index (Phi) is 7.05. The molecule has 43 heavy (non-hydrogen) atoms. The Hall–Kier alpha value is -5.96. The van der Waals surface area contributed by atoms with E-state index >= 15 is 0 Å². The Morgan fingerprint density at radius 1 is 0.581 bits per heavy atom. The van der Waals surface area contributed by atoms with Gasteiger partial charge in [0.05, 0.1) is 23.6 Å². The summed E-state index contributed by atoms with van der Waals surface area (Å²) >= 11 is 0. The molecule has 6 rings (SSSR count). The van der Waals surface area contributed by atoms with Crippen LogP contribution >= 0.6 is 0 Å². The normalized spacial score (nSPS) is 11.1. The largest absolute Gasteiger partial charge is 0.481 e. The Morgan fingerprint density at radius 2 is 0.977 bits per heavy atom. The van der Waals surface area contributed by atoms with Crippen LogP contribution in [0.5, 0.6) is 11.5 Å². The first-order valence-corrected chi connectivity index (χ1v) is 13.2. The number of carboxylic acids is 2. The molecular formula is C34H22O9. The van der Waals surface area contributed by atoms with Gasteiger partial charge in [0, 0.05) is 34.4 Å². The molecule has 0 radical (unpaired) electrons. The molecule has 4 aromatic carbocycles. The number of fused-ring (bicyclic) bond motifs is 2. The van der Waals surface area contributed by atoms with Crippen LogP contribution in [-0.2, 0) is 22.4 Å². The van der Waals surface area contributed by atoms with E-state index in [0.29, 0.717) is 56.0 Å². The summed E-state index contributed by atoms with van der Waals surface area (Å²) in [5.74, 6) is -0.420. The maximum atomic E-state index is 12.7. The van der Waals surface area contributed by atoms with Crippen molar-refractivity contribution in [3.05, 3.63) is 129 Å². The molecule has 6 aromatic rings. The molecule has 0 amide bonds. The summed E-state index contributed by atoms with van der Waals surface area (Å²) in [4.78, 5) is 48.0. The molecule has 2 aromatic heterocycles. The van der Waals surface area contributed by atoms with Crippen molar-refractivity contribution in [3.63, 3.8) is 0 Å². The van der Waals surface area contributed by atoms with Gasteiger partial charge in [0.2, 0.25) is 0 Å². The Balaban J connectivity index is 1.24. The number of carboxylic acid groups (broad SMARTS) is 2. The second-order valence-corrected chi connectivity index (χ2v) is 9.83. The van der Waals surface area contributed by atoms with Crippen LogP contribution in [0.25, 0.3) is 44.6 Å². The van der Waals surface area contributed by atoms with Crippen LogP contribution in [-0.4, -0.2) is 22.2 Å². The van der Waals surface area contributed by atoms with Crippen LogP contribution in [0.3, 0.4) is 0 Å². The molecule has 0 saturated carbocycles. The lowest BCUT2D eigenvalue weighted by Crippen LogP contribution is -2.05. The van der Waals surface area contributed by atoms with Gasteiger partial charge in [-0.3, -0.25) is 19.2 Å². The quantitative estimate of drug-likeness (QED) is 0.215. The summed E-state index contributed by atoms with van der Waals surface area (Å²) in [5, 5.41) is 19.1. The average molecular weight is 575 g/mol. The van der Waals surface area contributed by atoms with E-state index in [4.69, 9.17) is 13.6 Å². The van der Waals surface area contributed by atoms with Gasteiger partial charge in [-0.2, -0.15) is 0 Å². The van der Waals surface area contributed by atoms with Crippen molar-refractivity contribution in [3.8, 4) is 34.1 Å². The van der Waals surface area contributed by atoms with Crippen molar-refractivity contribution in [2.45, 2.75) is 12.8 Å². The summed E-state index contributed by atoms with van der Waals surface area (Å²) in [7, 11) is 0. The fraction of sp³-hybridized carbons (Fsp3) is 0.0588. The van der Waals surface area contributed by atoms with E-state index in [0.717, 1.165) is 0 Å². The standard InChI is InChI=1S/C34H22O9/c35-27-17-29(42-33-21(15-31(37)38)3-1-5-25(27)33)19-7-11-23(12-8-19)41-24-13-9-20(10-14-24)30-18-28(36)26-6-2-4-22(16-32(39)40)34(26)43-30/h1-14,17-18H,15-16H2,(H,37,38)(H,39,40). The molecular weight excluding hydrogens is 552 g/mol. The molecule has 2 heterocycles. The zero-order valence-corrected chi connectivity index (χ0v) is 22.4. The van der Waals surface area contributed by atoms with Crippen molar-refractivity contribution >= 4 is 33.9 Å². The highest BCUT2D eigenvalue weighted by Gasteiger charge is 2.14. The molecule has 0 aliphatic heterocycles. The molecule has 0 fully saturated rings. The van der Waals surface area contributed by atoms with Gasteiger partial charge >= 0.3 is 11.9 Å². The second kappa shape index (κ2) is 11.1. The predicted molar refractivity (Wildman–Crippen MR) is 159 cm³/mol. The summed E-state index contributed by atoms with van der Waals surface area (Å²) < 4.78 is 17.9. The molecule has 0 unspecified atom stereocenters. The molecule has 0 bridgehead atoms. The van der Waals surface area contributed by atoms with E-state index in [9.17, 15) is 29.4 Å². The minimum absolute atomic E-state index is 0.244. The lowest BCUT2D eigenvalue weighted by Gasteiger charge is -2.10. The smallest absolute Gasteiger partial charge is 0.307 e. The number of carbonyl (C=O) groups is 2. The first kappa shape index (κ1) is 27.2. The highest BCUT2D eigenvalue weighted by Crippen LogP contribution is 2.30. The third kappa shape index (κ3) is 5.64. The molecule has 212 valence electrons. The van der Waals surface area contributed by atoms with Gasteiger partial charge in [-0.15, -0.1) is 0 Å². The van der Waals surface area contributed by atoms with E-state index in [1.54, 1.807) is 84.9 Å². The SMILES string of the molecule is O=C(O)Cc1cccc2c(=O)cc(-c3ccc(Oc4ccc(-c5cc(=O)c6cccc(CC(=O)O)c6o5)cc4)cc3)oc12. The van der Waals surface area contributed by atoms with Crippen LogP contribution in [0.1, 0.15) is 11.1 Å². The van der Waals surface area contributed by atoms with Crippen LogP contribution in [0.15, 0.2) is 115 Å². The number of para-hydroxylation sites is 2. The van der Waals surface area contributed by atoms with Crippen LogP contribution in [0.2, 0.25) is 0 Å². The predicted octanol–water partition coefficient (Wildman–Crippen LogP) is 6.28. The van der Waals surface area contributed by atoms with Gasteiger partial charge in [-0.25, -0.2) is 0 Å². The fourth-order valence-corrected chi connectivity index (χ4v) is 4.87. The lowest BCUT2D eigenvalue weighted by atomic mass is 10.1. The van der Waals surface area contributed by atoms with Crippen LogP contribution in [0.4, 0.5) is 0 Å². The third-order valence-corrected chi connectivity index (χ3v) is 6.87. The Morgan fingerprint density at radius 3 is 1.35 bits per heavy atom. The van der Waals surface area contributed by atoms with E-state index < -0.39 is 11.9 Å². The summed E-state index contributed by atoms with van der Waals surface area (Å²) in [6.45, 7) is 0. The van der Waals surface area contributed by atoms with Crippen molar-refractivity contribution in [1.29, 1.82) is 0 Å². The van der Waals surface area contributed by atoms with Gasteiger partial charge in [0.15, 0.2) is 10.9 Å². The van der Waals surface area contributed by atoms with Crippen LogP contribution < -0.4 is 15.6 Å². The zero-order valence-electron chi connectivity index (χ0n) is 22.4. The summed E-state index contributed by atoms with van der Waals surface area (Å²) in [6.07, 6.45) is -0.540. The van der Waals surface area contributed by atoms with E-state index in [1.165, 1.54) is 12.1 Å². The number of aliphatic carboxylic acids is 2. The molecule has 0 spiro atoms. The topological polar surface area (TPSA) is 144 Å². The Labute approximate surface area is 242 Å². The van der Waals surface area contributed by atoms with Crippen molar-refractivity contribution in [1.82, 2.24) is 0 Å². The number of hydrogen-bond donors (Lipinski definition) is 2. The van der Waals surface area contributed by atoms with Gasteiger partial charge in [-0.1, -0.05) is 24.3 Å².